The zero-order chi connectivity index (χ0) is 14.5. The average molecular weight is 323 g/mol. The fourth-order valence-electron chi connectivity index (χ4n) is 2.39. The molecule has 0 bridgehead atoms. The predicted octanol–water partition coefficient (Wildman–Crippen LogP) is 2.51. The van der Waals surface area contributed by atoms with Gasteiger partial charge >= 0.3 is 6.61 Å². The molecule has 7 heteroatoms. The third-order valence-corrected chi connectivity index (χ3v) is 3.34. The molecule has 1 fully saturated rings. The second-order valence-corrected chi connectivity index (χ2v) is 4.94. The highest BCUT2D eigenvalue weighted by atomic mass is 35.5. The molecule has 2 rings (SSSR count). The maximum atomic E-state index is 12.5. The van der Waals surface area contributed by atoms with Gasteiger partial charge in [-0.15, -0.1) is 12.4 Å². The molecule has 120 valence electrons. The van der Waals surface area contributed by atoms with E-state index in [1.54, 1.807) is 12.1 Å². The topological polar surface area (TPSA) is 33.7 Å². The lowest BCUT2D eigenvalue weighted by molar-refractivity contribution is -0.0509. The van der Waals surface area contributed by atoms with E-state index in [1.165, 1.54) is 13.2 Å². The molecule has 1 aromatic carbocycles. The van der Waals surface area contributed by atoms with Crippen molar-refractivity contribution < 1.29 is 18.3 Å². The zero-order valence-electron chi connectivity index (χ0n) is 12.1. The Morgan fingerprint density at radius 1 is 1.43 bits per heavy atom. The number of benzene rings is 1. The van der Waals surface area contributed by atoms with Crippen LogP contribution in [0, 0.1) is 0 Å². The molecule has 1 atom stereocenters. The molecule has 0 saturated carbocycles. The molecular formula is C14H21ClF2N2O2. The summed E-state index contributed by atoms with van der Waals surface area (Å²) in [6.45, 7) is 2.56. The number of ether oxygens (including phenoxy) is 2. The number of methoxy groups -OCH3 is 1. The second-order valence-electron chi connectivity index (χ2n) is 4.94. The van der Waals surface area contributed by atoms with Gasteiger partial charge in [0.1, 0.15) is 11.5 Å². The smallest absolute Gasteiger partial charge is 0.387 e. The van der Waals surface area contributed by atoms with Crippen molar-refractivity contribution in [2.45, 2.75) is 26.1 Å². The lowest BCUT2D eigenvalue weighted by Gasteiger charge is -2.32. The highest BCUT2D eigenvalue weighted by molar-refractivity contribution is 5.85. The Labute approximate surface area is 129 Å². The number of hydrogen-bond donors (Lipinski definition) is 1. The first kappa shape index (κ1) is 17.9. The molecule has 0 amide bonds. The Hall–Kier alpha value is -1.11. The van der Waals surface area contributed by atoms with E-state index in [1.807, 2.05) is 0 Å². The van der Waals surface area contributed by atoms with Gasteiger partial charge < -0.3 is 14.8 Å². The number of hydrogen-bond acceptors (Lipinski definition) is 4. The van der Waals surface area contributed by atoms with E-state index in [-0.39, 0.29) is 18.2 Å². The summed E-state index contributed by atoms with van der Waals surface area (Å²) in [4.78, 5) is 2.22. The lowest BCUT2D eigenvalue weighted by atomic mass is 10.1. The van der Waals surface area contributed by atoms with E-state index in [0.29, 0.717) is 18.3 Å². The number of rotatable bonds is 5. The molecule has 4 nitrogen and oxygen atoms in total. The molecule has 1 heterocycles. The van der Waals surface area contributed by atoms with Crippen molar-refractivity contribution in [1.82, 2.24) is 10.2 Å². The van der Waals surface area contributed by atoms with E-state index >= 15 is 0 Å². The van der Waals surface area contributed by atoms with Crippen molar-refractivity contribution in [2.24, 2.45) is 0 Å². The van der Waals surface area contributed by atoms with E-state index in [0.717, 1.165) is 25.2 Å². The Bertz CT molecular complexity index is 449. The molecule has 1 N–H and O–H groups in total. The van der Waals surface area contributed by atoms with Crippen molar-refractivity contribution >= 4 is 12.4 Å². The van der Waals surface area contributed by atoms with Gasteiger partial charge in [0.25, 0.3) is 0 Å². The van der Waals surface area contributed by atoms with Gasteiger partial charge in [-0.05, 0) is 13.0 Å². The van der Waals surface area contributed by atoms with Crippen LogP contribution in [0.3, 0.4) is 0 Å². The largest absolute Gasteiger partial charge is 0.497 e. The zero-order valence-corrected chi connectivity index (χ0v) is 13.0. The summed E-state index contributed by atoms with van der Waals surface area (Å²) >= 11 is 0. The molecule has 1 aromatic rings. The summed E-state index contributed by atoms with van der Waals surface area (Å²) < 4.78 is 34.6. The van der Waals surface area contributed by atoms with Crippen LogP contribution in [-0.2, 0) is 6.54 Å². The fourth-order valence-corrected chi connectivity index (χ4v) is 2.39. The van der Waals surface area contributed by atoms with E-state index in [2.05, 4.69) is 21.9 Å². The summed E-state index contributed by atoms with van der Waals surface area (Å²) in [7, 11) is 1.50. The molecule has 0 radical (unpaired) electrons. The van der Waals surface area contributed by atoms with Crippen LogP contribution in [-0.4, -0.2) is 44.3 Å². The van der Waals surface area contributed by atoms with Gasteiger partial charge in [0, 0.05) is 43.9 Å². The van der Waals surface area contributed by atoms with E-state index in [9.17, 15) is 8.78 Å². The van der Waals surface area contributed by atoms with E-state index < -0.39 is 6.61 Å². The highest BCUT2D eigenvalue weighted by Gasteiger charge is 2.18. The van der Waals surface area contributed by atoms with Crippen LogP contribution < -0.4 is 14.8 Å². The van der Waals surface area contributed by atoms with Crippen LogP contribution in [0.5, 0.6) is 11.5 Å². The molecule has 0 unspecified atom stereocenters. The SMILES string of the molecule is COc1ccc(CN2CCN[C@@H](C)C2)c(OC(F)F)c1.Cl. The number of halogens is 3. The van der Waals surface area contributed by atoms with Crippen LogP contribution in [0.15, 0.2) is 18.2 Å². The first-order chi connectivity index (χ1) is 9.58. The average Bonchev–Trinajstić information content (AvgIpc) is 2.40. The van der Waals surface area contributed by atoms with Gasteiger partial charge in [0.2, 0.25) is 0 Å². The van der Waals surface area contributed by atoms with Crippen molar-refractivity contribution in [2.75, 3.05) is 26.7 Å². The molecule has 1 aliphatic heterocycles. The summed E-state index contributed by atoms with van der Waals surface area (Å²) in [5.74, 6) is 0.698. The van der Waals surface area contributed by atoms with Gasteiger partial charge in [0.05, 0.1) is 7.11 Å². The Kier molecular flexibility index (Phi) is 7.14. The molecule has 0 aromatic heterocycles. The summed E-state index contributed by atoms with van der Waals surface area (Å²) in [5.41, 5.74) is 0.750. The maximum absolute atomic E-state index is 12.5. The third-order valence-electron chi connectivity index (χ3n) is 3.34. The van der Waals surface area contributed by atoms with Crippen molar-refractivity contribution in [3.8, 4) is 11.5 Å². The van der Waals surface area contributed by atoms with Crippen LogP contribution >= 0.6 is 12.4 Å². The van der Waals surface area contributed by atoms with Gasteiger partial charge in [-0.25, -0.2) is 0 Å². The first-order valence-electron chi connectivity index (χ1n) is 6.66. The molecule has 0 spiro atoms. The minimum absolute atomic E-state index is 0. The van der Waals surface area contributed by atoms with E-state index in [4.69, 9.17) is 4.74 Å². The van der Waals surface area contributed by atoms with Crippen LogP contribution in [0.2, 0.25) is 0 Å². The molecule has 0 aliphatic carbocycles. The molecule has 1 aliphatic rings. The standard InChI is InChI=1S/C14H20F2N2O2.ClH/c1-10-8-18(6-5-17-10)9-11-3-4-12(19-2)7-13(11)20-14(15)16;/h3-4,7,10,14,17H,5-6,8-9H2,1-2H3;1H/t10-;/m0./s1. The molecular weight excluding hydrogens is 302 g/mol. The monoisotopic (exact) mass is 322 g/mol. The number of alkyl halides is 2. The quantitative estimate of drug-likeness (QED) is 0.903. The van der Waals surface area contributed by atoms with Gasteiger partial charge in [-0.2, -0.15) is 8.78 Å². The summed E-state index contributed by atoms with van der Waals surface area (Å²) in [5, 5.41) is 3.35. The summed E-state index contributed by atoms with van der Waals surface area (Å²) in [6, 6.07) is 5.46. The fraction of sp³-hybridized carbons (Fsp3) is 0.571. The number of nitrogens with one attached hydrogen (secondary N) is 1. The highest BCUT2D eigenvalue weighted by Crippen LogP contribution is 2.27. The summed E-state index contributed by atoms with van der Waals surface area (Å²) in [6.07, 6.45) is 0. The van der Waals surface area contributed by atoms with Crippen molar-refractivity contribution in [3.63, 3.8) is 0 Å². The minimum atomic E-state index is -2.83. The van der Waals surface area contributed by atoms with Crippen LogP contribution in [0.4, 0.5) is 8.78 Å². The van der Waals surface area contributed by atoms with Gasteiger partial charge in [0.15, 0.2) is 0 Å². The van der Waals surface area contributed by atoms with Gasteiger partial charge in [-0.1, -0.05) is 6.07 Å². The molecule has 21 heavy (non-hydrogen) atoms. The van der Waals surface area contributed by atoms with Crippen molar-refractivity contribution in [1.29, 1.82) is 0 Å². The first-order valence-corrected chi connectivity index (χ1v) is 6.66. The minimum Gasteiger partial charge on any atom is -0.497 e. The lowest BCUT2D eigenvalue weighted by Crippen LogP contribution is -2.48. The predicted molar refractivity (Wildman–Crippen MR) is 79.6 cm³/mol. The van der Waals surface area contributed by atoms with Gasteiger partial charge in [-0.3, -0.25) is 4.90 Å². The normalized spacial score (nSPS) is 19.2. The maximum Gasteiger partial charge on any atom is 0.387 e. The Balaban J connectivity index is 0.00000220. The van der Waals surface area contributed by atoms with Crippen LogP contribution in [0.1, 0.15) is 12.5 Å². The Morgan fingerprint density at radius 2 is 2.19 bits per heavy atom. The van der Waals surface area contributed by atoms with Crippen LogP contribution in [0.25, 0.3) is 0 Å². The second kappa shape index (κ2) is 8.36. The third kappa shape index (κ3) is 5.30. The van der Waals surface area contributed by atoms with Crippen molar-refractivity contribution in [3.05, 3.63) is 23.8 Å². The number of nitrogens with zero attached hydrogens (tertiary/aromatic N) is 1. The Morgan fingerprint density at radius 3 is 2.81 bits per heavy atom. The number of piperazine rings is 1. The molecule has 1 saturated heterocycles.